The van der Waals surface area contributed by atoms with Gasteiger partial charge in [0.25, 0.3) is 5.91 Å². The first-order valence-corrected chi connectivity index (χ1v) is 9.12. The van der Waals surface area contributed by atoms with E-state index in [9.17, 15) is 9.59 Å². The molecule has 5 nitrogen and oxygen atoms in total. The van der Waals surface area contributed by atoms with E-state index >= 15 is 0 Å². The molecule has 0 spiro atoms. The lowest BCUT2D eigenvalue weighted by molar-refractivity contribution is -0.119. The lowest BCUT2D eigenvalue weighted by atomic mass is 10.1. The third-order valence-corrected chi connectivity index (χ3v) is 4.58. The van der Waals surface area contributed by atoms with Crippen LogP contribution in [0.3, 0.4) is 0 Å². The Hall–Kier alpha value is -3.02. The molecule has 2 N–H and O–H groups in total. The molecule has 0 aromatic heterocycles. The van der Waals surface area contributed by atoms with Crippen molar-refractivity contribution >= 4 is 52.1 Å². The van der Waals surface area contributed by atoms with Crippen LogP contribution in [0.2, 0.25) is 10.0 Å². The number of rotatable bonds is 6. The minimum atomic E-state index is -0.619. The van der Waals surface area contributed by atoms with E-state index in [1.165, 1.54) is 0 Å². The maximum absolute atomic E-state index is 12.4. The number of carbonyl (C=O) groups excluding carboxylic acids is 2. The summed E-state index contributed by atoms with van der Waals surface area (Å²) in [7, 11) is 0. The molecule has 142 valence electrons. The number of nitrogens with one attached hydrogen (secondary N) is 2. The van der Waals surface area contributed by atoms with Gasteiger partial charge >= 0.3 is 5.97 Å². The number of ether oxygens (including phenoxy) is 1. The SMILES string of the molecule is O=C(COC(=O)c1ccccc1Nc1ccccc1)Nc1cccc(Cl)c1Cl. The van der Waals surface area contributed by atoms with E-state index in [0.717, 1.165) is 5.69 Å². The summed E-state index contributed by atoms with van der Waals surface area (Å²) >= 11 is 11.9. The van der Waals surface area contributed by atoms with Crippen molar-refractivity contribution in [1.82, 2.24) is 0 Å². The van der Waals surface area contributed by atoms with E-state index in [2.05, 4.69) is 10.6 Å². The highest BCUT2D eigenvalue weighted by atomic mass is 35.5. The van der Waals surface area contributed by atoms with Crippen LogP contribution in [0.1, 0.15) is 10.4 Å². The number of benzene rings is 3. The summed E-state index contributed by atoms with van der Waals surface area (Å²) in [5.74, 6) is -1.14. The standard InChI is InChI=1S/C21H16Cl2N2O3/c22-16-10-6-12-18(20(16)23)25-19(26)13-28-21(27)15-9-4-5-11-17(15)24-14-7-2-1-3-8-14/h1-12,24H,13H2,(H,25,26). The average Bonchev–Trinajstić information content (AvgIpc) is 2.71. The van der Waals surface area contributed by atoms with Crippen molar-refractivity contribution in [2.24, 2.45) is 0 Å². The highest BCUT2D eigenvalue weighted by Crippen LogP contribution is 2.29. The third kappa shape index (κ3) is 5.03. The first kappa shape index (κ1) is 19.7. The molecule has 7 heteroatoms. The molecule has 0 saturated heterocycles. The van der Waals surface area contributed by atoms with Gasteiger partial charge in [-0.1, -0.05) is 59.6 Å². The molecule has 0 unspecified atom stereocenters. The Labute approximate surface area is 172 Å². The van der Waals surface area contributed by atoms with Gasteiger partial charge in [-0.2, -0.15) is 0 Å². The van der Waals surface area contributed by atoms with Gasteiger partial charge in [-0.3, -0.25) is 4.79 Å². The molecule has 0 saturated carbocycles. The summed E-state index contributed by atoms with van der Waals surface area (Å²) in [6.07, 6.45) is 0. The Balaban J connectivity index is 1.63. The van der Waals surface area contributed by atoms with Crippen LogP contribution in [0.5, 0.6) is 0 Å². The fourth-order valence-electron chi connectivity index (χ4n) is 2.44. The molecule has 0 bridgehead atoms. The normalized spacial score (nSPS) is 10.2. The van der Waals surface area contributed by atoms with Crippen molar-refractivity contribution in [1.29, 1.82) is 0 Å². The van der Waals surface area contributed by atoms with Gasteiger partial charge in [0, 0.05) is 5.69 Å². The van der Waals surface area contributed by atoms with Crippen LogP contribution >= 0.6 is 23.2 Å². The molecule has 0 fully saturated rings. The van der Waals surface area contributed by atoms with Crippen molar-refractivity contribution in [3.05, 3.63) is 88.4 Å². The molecule has 0 aliphatic heterocycles. The molecule has 0 aliphatic rings. The Morgan fingerprint density at radius 1 is 0.821 bits per heavy atom. The van der Waals surface area contributed by atoms with Crippen molar-refractivity contribution in [3.8, 4) is 0 Å². The molecule has 28 heavy (non-hydrogen) atoms. The number of anilines is 3. The van der Waals surface area contributed by atoms with Crippen LogP contribution < -0.4 is 10.6 Å². The summed E-state index contributed by atoms with van der Waals surface area (Å²) in [6.45, 7) is -0.457. The fraction of sp³-hybridized carbons (Fsp3) is 0.0476. The summed E-state index contributed by atoms with van der Waals surface area (Å²) in [5, 5.41) is 6.27. The minimum absolute atomic E-state index is 0.223. The minimum Gasteiger partial charge on any atom is -0.452 e. The summed E-state index contributed by atoms with van der Waals surface area (Å²) in [4.78, 5) is 24.5. The van der Waals surface area contributed by atoms with Gasteiger partial charge < -0.3 is 15.4 Å². The molecule has 3 aromatic rings. The topological polar surface area (TPSA) is 67.4 Å². The monoisotopic (exact) mass is 414 g/mol. The molecule has 0 heterocycles. The molecule has 3 rings (SSSR count). The second-order valence-corrected chi connectivity index (χ2v) is 6.55. The number of esters is 1. The highest BCUT2D eigenvalue weighted by Gasteiger charge is 2.15. The molecule has 3 aromatic carbocycles. The number of amides is 1. The maximum atomic E-state index is 12.4. The lowest BCUT2D eigenvalue weighted by Crippen LogP contribution is -2.21. The molecule has 0 radical (unpaired) electrons. The van der Waals surface area contributed by atoms with Gasteiger partial charge in [-0.15, -0.1) is 0 Å². The van der Waals surface area contributed by atoms with E-state index in [0.29, 0.717) is 22.0 Å². The molecular weight excluding hydrogens is 399 g/mol. The van der Waals surface area contributed by atoms with Gasteiger partial charge in [0.15, 0.2) is 6.61 Å². The van der Waals surface area contributed by atoms with Crippen molar-refractivity contribution in [2.75, 3.05) is 17.2 Å². The molecular formula is C21H16Cl2N2O3. The second-order valence-electron chi connectivity index (χ2n) is 5.76. The van der Waals surface area contributed by atoms with Crippen LogP contribution in [-0.2, 0) is 9.53 Å². The number of hydrogen-bond acceptors (Lipinski definition) is 4. The van der Waals surface area contributed by atoms with Crippen molar-refractivity contribution in [3.63, 3.8) is 0 Å². The number of hydrogen-bond donors (Lipinski definition) is 2. The number of para-hydroxylation sites is 2. The van der Waals surface area contributed by atoms with Gasteiger partial charge in [-0.05, 0) is 36.4 Å². The van der Waals surface area contributed by atoms with Gasteiger partial charge in [-0.25, -0.2) is 4.79 Å². The van der Waals surface area contributed by atoms with Crippen LogP contribution in [0.15, 0.2) is 72.8 Å². The maximum Gasteiger partial charge on any atom is 0.340 e. The zero-order valence-electron chi connectivity index (χ0n) is 14.6. The van der Waals surface area contributed by atoms with Crippen molar-refractivity contribution < 1.29 is 14.3 Å². The zero-order chi connectivity index (χ0) is 19.9. The van der Waals surface area contributed by atoms with E-state index < -0.39 is 18.5 Å². The Kier molecular flexibility index (Phi) is 6.53. The second kappa shape index (κ2) is 9.26. The number of carbonyl (C=O) groups is 2. The van der Waals surface area contributed by atoms with Gasteiger partial charge in [0.2, 0.25) is 0 Å². The predicted octanol–water partition coefficient (Wildman–Crippen LogP) is 5.53. The number of halogens is 2. The van der Waals surface area contributed by atoms with Crippen LogP contribution in [0.4, 0.5) is 17.1 Å². The first-order chi connectivity index (χ1) is 13.5. The Morgan fingerprint density at radius 2 is 1.50 bits per heavy atom. The van der Waals surface area contributed by atoms with Crippen LogP contribution in [-0.4, -0.2) is 18.5 Å². The zero-order valence-corrected chi connectivity index (χ0v) is 16.1. The van der Waals surface area contributed by atoms with E-state index in [1.807, 2.05) is 30.3 Å². The summed E-state index contributed by atoms with van der Waals surface area (Å²) in [6, 6.07) is 21.2. The van der Waals surface area contributed by atoms with E-state index in [4.69, 9.17) is 27.9 Å². The van der Waals surface area contributed by atoms with Crippen LogP contribution in [0.25, 0.3) is 0 Å². The predicted molar refractivity (Wildman–Crippen MR) is 112 cm³/mol. The lowest BCUT2D eigenvalue weighted by Gasteiger charge is -2.12. The summed E-state index contributed by atoms with van der Waals surface area (Å²) in [5.41, 5.74) is 2.08. The van der Waals surface area contributed by atoms with E-state index in [-0.39, 0.29) is 5.02 Å². The first-order valence-electron chi connectivity index (χ1n) is 8.36. The molecule has 0 atom stereocenters. The van der Waals surface area contributed by atoms with E-state index in [1.54, 1.807) is 42.5 Å². The average molecular weight is 415 g/mol. The summed E-state index contributed by atoms with van der Waals surface area (Å²) < 4.78 is 5.14. The van der Waals surface area contributed by atoms with Crippen molar-refractivity contribution in [2.45, 2.75) is 0 Å². The smallest absolute Gasteiger partial charge is 0.340 e. The van der Waals surface area contributed by atoms with Gasteiger partial charge in [0.05, 0.1) is 27.0 Å². The molecule has 1 amide bonds. The molecule has 0 aliphatic carbocycles. The Bertz CT molecular complexity index is 994. The largest absolute Gasteiger partial charge is 0.452 e. The quantitative estimate of drug-likeness (QED) is 0.520. The highest BCUT2D eigenvalue weighted by molar-refractivity contribution is 6.44. The Morgan fingerprint density at radius 3 is 2.29 bits per heavy atom. The van der Waals surface area contributed by atoms with Gasteiger partial charge in [0.1, 0.15) is 0 Å². The fourth-order valence-corrected chi connectivity index (χ4v) is 2.79. The van der Waals surface area contributed by atoms with Crippen LogP contribution in [0, 0.1) is 0 Å². The third-order valence-electron chi connectivity index (χ3n) is 3.76.